The van der Waals surface area contributed by atoms with Gasteiger partial charge in [-0.25, -0.2) is 0 Å². The minimum atomic E-state index is 0.250. The topological polar surface area (TPSA) is 71.7 Å². The summed E-state index contributed by atoms with van der Waals surface area (Å²) in [7, 11) is 0. The lowest BCUT2D eigenvalue weighted by atomic mass is 9.99. The lowest BCUT2D eigenvalue weighted by Gasteiger charge is -2.34. The molecule has 2 atom stereocenters. The van der Waals surface area contributed by atoms with E-state index in [0.717, 1.165) is 52.2 Å². The summed E-state index contributed by atoms with van der Waals surface area (Å²) in [5.74, 6) is 2.10. The molecule has 7 nitrogen and oxygen atoms in total. The highest BCUT2D eigenvalue weighted by molar-refractivity contribution is 5.76. The summed E-state index contributed by atoms with van der Waals surface area (Å²) in [6.45, 7) is 9.37. The number of morpholine rings is 1. The molecule has 24 heavy (non-hydrogen) atoms. The highest BCUT2D eigenvalue weighted by atomic mass is 16.5. The van der Waals surface area contributed by atoms with E-state index in [1.807, 2.05) is 4.90 Å². The van der Waals surface area contributed by atoms with Gasteiger partial charge < -0.3 is 14.2 Å². The van der Waals surface area contributed by atoms with Crippen molar-refractivity contribution in [3.8, 4) is 0 Å². The van der Waals surface area contributed by atoms with Crippen LogP contribution in [0.3, 0.4) is 0 Å². The summed E-state index contributed by atoms with van der Waals surface area (Å²) < 4.78 is 10.6. The predicted octanol–water partition coefficient (Wildman–Crippen LogP) is 1.27. The first kappa shape index (κ1) is 17.4. The first-order valence-corrected chi connectivity index (χ1v) is 9.06. The third kappa shape index (κ3) is 4.13. The number of aromatic nitrogens is 2. The van der Waals surface area contributed by atoms with Crippen molar-refractivity contribution in [1.29, 1.82) is 0 Å². The molecule has 0 spiro atoms. The number of nitrogens with zero attached hydrogens (tertiary/aromatic N) is 4. The number of ether oxygens (including phenoxy) is 1. The van der Waals surface area contributed by atoms with Gasteiger partial charge in [0.05, 0.1) is 13.2 Å². The molecule has 7 heteroatoms. The standard InChI is InChI=1S/C17H28N4O3/c1-3-14-11-21(12-15(14)20-7-9-23-10-8-20)17(22)6-4-5-16-18-13(2)19-24-16/h14-15H,3-12H2,1-2H3/t14-,15-/m0/s1. The fourth-order valence-corrected chi connectivity index (χ4v) is 3.77. The van der Waals surface area contributed by atoms with E-state index in [-0.39, 0.29) is 5.91 Å². The van der Waals surface area contributed by atoms with Crippen LogP contribution >= 0.6 is 0 Å². The Bertz CT molecular complexity index is 542. The van der Waals surface area contributed by atoms with E-state index < -0.39 is 0 Å². The van der Waals surface area contributed by atoms with E-state index in [0.29, 0.717) is 36.5 Å². The van der Waals surface area contributed by atoms with Gasteiger partial charge in [0.25, 0.3) is 0 Å². The molecular weight excluding hydrogens is 308 g/mol. The Balaban J connectivity index is 1.48. The number of aryl methyl sites for hydroxylation is 2. The molecule has 2 aliphatic heterocycles. The van der Waals surface area contributed by atoms with Gasteiger partial charge in [0.15, 0.2) is 5.82 Å². The molecule has 0 radical (unpaired) electrons. The van der Waals surface area contributed by atoms with Crippen LogP contribution in [0.15, 0.2) is 4.52 Å². The Morgan fingerprint density at radius 3 is 2.75 bits per heavy atom. The van der Waals surface area contributed by atoms with Gasteiger partial charge in [-0.15, -0.1) is 0 Å². The van der Waals surface area contributed by atoms with Gasteiger partial charge >= 0.3 is 0 Å². The Morgan fingerprint density at radius 2 is 2.08 bits per heavy atom. The van der Waals surface area contributed by atoms with Crippen LogP contribution in [0.2, 0.25) is 0 Å². The zero-order valence-corrected chi connectivity index (χ0v) is 14.7. The minimum absolute atomic E-state index is 0.250. The van der Waals surface area contributed by atoms with E-state index >= 15 is 0 Å². The van der Waals surface area contributed by atoms with Gasteiger partial charge in [-0.1, -0.05) is 18.5 Å². The molecule has 0 unspecified atom stereocenters. The minimum Gasteiger partial charge on any atom is -0.379 e. The first-order valence-electron chi connectivity index (χ1n) is 9.06. The third-order valence-electron chi connectivity index (χ3n) is 5.15. The summed E-state index contributed by atoms with van der Waals surface area (Å²) in [6.07, 6.45) is 3.10. The van der Waals surface area contributed by atoms with Crippen molar-refractivity contribution in [2.45, 2.75) is 45.6 Å². The summed E-state index contributed by atoms with van der Waals surface area (Å²) in [6, 6.07) is 0.487. The second-order valence-electron chi connectivity index (χ2n) is 6.77. The number of hydrogen-bond acceptors (Lipinski definition) is 6. The number of hydrogen-bond donors (Lipinski definition) is 0. The van der Waals surface area contributed by atoms with Crippen LogP contribution < -0.4 is 0 Å². The van der Waals surface area contributed by atoms with Crippen molar-refractivity contribution >= 4 is 5.91 Å². The first-order chi connectivity index (χ1) is 11.7. The maximum absolute atomic E-state index is 12.5. The molecule has 2 fully saturated rings. The van der Waals surface area contributed by atoms with E-state index in [4.69, 9.17) is 9.26 Å². The average Bonchev–Trinajstić information content (AvgIpc) is 3.22. The number of amides is 1. The van der Waals surface area contributed by atoms with Gasteiger partial charge in [-0.05, 0) is 19.3 Å². The quantitative estimate of drug-likeness (QED) is 0.779. The normalized spacial score (nSPS) is 25.3. The largest absolute Gasteiger partial charge is 0.379 e. The van der Waals surface area contributed by atoms with Crippen LogP contribution in [0.5, 0.6) is 0 Å². The Hall–Kier alpha value is -1.47. The Morgan fingerprint density at radius 1 is 1.29 bits per heavy atom. The van der Waals surface area contributed by atoms with E-state index in [1.54, 1.807) is 6.92 Å². The smallest absolute Gasteiger partial charge is 0.226 e. The lowest BCUT2D eigenvalue weighted by Crippen LogP contribution is -2.47. The maximum Gasteiger partial charge on any atom is 0.226 e. The number of carbonyl (C=O) groups excluding carboxylic acids is 1. The highest BCUT2D eigenvalue weighted by Crippen LogP contribution is 2.26. The molecule has 2 aliphatic rings. The summed E-state index contributed by atoms with van der Waals surface area (Å²) >= 11 is 0. The van der Waals surface area contributed by atoms with Crippen molar-refractivity contribution in [2.24, 2.45) is 5.92 Å². The van der Waals surface area contributed by atoms with Gasteiger partial charge in [-0.2, -0.15) is 4.98 Å². The molecule has 1 amide bonds. The molecule has 1 aromatic heterocycles. The molecular formula is C17H28N4O3. The lowest BCUT2D eigenvalue weighted by molar-refractivity contribution is -0.130. The second-order valence-corrected chi connectivity index (χ2v) is 6.77. The molecule has 3 rings (SSSR count). The fourth-order valence-electron chi connectivity index (χ4n) is 3.77. The fraction of sp³-hybridized carbons (Fsp3) is 0.824. The number of carbonyl (C=O) groups is 1. The summed E-state index contributed by atoms with van der Waals surface area (Å²) in [5, 5.41) is 3.78. The monoisotopic (exact) mass is 336 g/mol. The molecule has 3 heterocycles. The highest BCUT2D eigenvalue weighted by Gasteiger charge is 2.37. The Labute approximate surface area is 143 Å². The van der Waals surface area contributed by atoms with Crippen LogP contribution in [0.1, 0.15) is 37.9 Å². The van der Waals surface area contributed by atoms with E-state index in [9.17, 15) is 4.79 Å². The zero-order chi connectivity index (χ0) is 16.9. The average molecular weight is 336 g/mol. The van der Waals surface area contributed by atoms with Gasteiger partial charge in [0.2, 0.25) is 11.8 Å². The third-order valence-corrected chi connectivity index (χ3v) is 5.15. The molecule has 0 saturated carbocycles. The summed E-state index contributed by atoms with van der Waals surface area (Å²) in [4.78, 5) is 21.3. The van der Waals surface area contributed by atoms with Crippen LogP contribution in [0.4, 0.5) is 0 Å². The molecule has 134 valence electrons. The van der Waals surface area contributed by atoms with Gasteiger partial charge in [0, 0.05) is 45.1 Å². The Kier molecular flexibility index (Phi) is 5.84. The van der Waals surface area contributed by atoms with Crippen molar-refractivity contribution < 1.29 is 14.1 Å². The van der Waals surface area contributed by atoms with Gasteiger partial charge in [0.1, 0.15) is 0 Å². The van der Waals surface area contributed by atoms with E-state index in [1.165, 1.54) is 0 Å². The van der Waals surface area contributed by atoms with Crippen molar-refractivity contribution in [1.82, 2.24) is 19.9 Å². The number of rotatable bonds is 6. The molecule has 1 aromatic rings. The van der Waals surface area contributed by atoms with Crippen molar-refractivity contribution in [3.05, 3.63) is 11.7 Å². The zero-order valence-electron chi connectivity index (χ0n) is 14.7. The second kappa shape index (κ2) is 8.07. The molecule has 0 aromatic carbocycles. The predicted molar refractivity (Wildman–Crippen MR) is 88.5 cm³/mol. The maximum atomic E-state index is 12.5. The number of likely N-dealkylation sites (tertiary alicyclic amines) is 1. The van der Waals surface area contributed by atoms with Crippen LogP contribution in [-0.2, 0) is 16.0 Å². The van der Waals surface area contributed by atoms with Crippen LogP contribution in [-0.4, -0.2) is 71.3 Å². The molecule has 2 saturated heterocycles. The van der Waals surface area contributed by atoms with Crippen LogP contribution in [0, 0.1) is 12.8 Å². The van der Waals surface area contributed by atoms with Crippen molar-refractivity contribution in [2.75, 3.05) is 39.4 Å². The van der Waals surface area contributed by atoms with Gasteiger partial charge in [-0.3, -0.25) is 9.69 Å². The van der Waals surface area contributed by atoms with E-state index in [2.05, 4.69) is 22.0 Å². The molecule has 0 bridgehead atoms. The summed E-state index contributed by atoms with van der Waals surface area (Å²) in [5.41, 5.74) is 0. The SMILES string of the molecule is CC[C@H]1CN(C(=O)CCCc2nc(C)no2)C[C@@H]1N1CCOCC1. The van der Waals surface area contributed by atoms with Crippen molar-refractivity contribution in [3.63, 3.8) is 0 Å². The van der Waals surface area contributed by atoms with Crippen LogP contribution in [0.25, 0.3) is 0 Å². The molecule has 0 N–H and O–H groups in total. The molecule has 0 aliphatic carbocycles.